The molecule has 0 bridgehead atoms. The highest BCUT2D eigenvalue weighted by molar-refractivity contribution is 5.96. The van der Waals surface area contributed by atoms with Crippen molar-refractivity contribution in [3.63, 3.8) is 0 Å². The molecule has 2 aromatic rings. The number of amides is 1. The second-order valence-corrected chi connectivity index (χ2v) is 7.15. The average Bonchev–Trinajstić information content (AvgIpc) is 2.78. The Kier molecular flexibility index (Phi) is 6.75. The number of nitrogens with one attached hydrogen (secondary N) is 1. The van der Waals surface area contributed by atoms with E-state index in [1.807, 2.05) is 18.2 Å². The molecule has 1 amide bonds. The lowest BCUT2D eigenvalue weighted by Gasteiger charge is -2.33. The van der Waals surface area contributed by atoms with Crippen molar-refractivity contribution in [1.82, 2.24) is 5.32 Å². The highest BCUT2D eigenvalue weighted by atomic mass is 16.5. The molecule has 0 aromatic heterocycles. The topological polar surface area (TPSA) is 73.9 Å². The quantitative estimate of drug-likeness (QED) is 0.747. The maximum atomic E-state index is 12.8. The summed E-state index contributed by atoms with van der Waals surface area (Å²) in [5.41, 5.74) is 2.08. The first-order valence-corrected chi connectivity index (χ1v) is 9.78. The highest BCUT2D eigenvalue weighted by Gasteiger charge is 2.29. The molecule has 0 heterocycles. The number of ether oxygens (including phenoxy) is 3. The van der Waals surface area contributed by atoms with Gasteiger partial charge in [0.2, 0.25) is 0 Å². The van der Waals surface area contributed by atoms with Crippen LogP contribution in [0.1, 0.15) is 57.9 Å². The van der Waals surface area contributed by atoms with Crippen molar-refractivity contribution in [1.29, 1.82) is 0 Å². The summed E-state index contributed by atoms with van der Waals surface area (Å²) in [7, 11) is 4.58. The van der Waals surface area contributed by atoms with Gasteiger partial charge in [0.05, 0.1) is 26.9 Å². The molecule has 0 saturated heterocycles. The van der Waals surface area contributed by atoms with Crippen LogP contribution in [0.3, 0.4) is 0 Å². The lowest BCUT2D eigenvalue weighted by molar-refractivity contribution is 0.0600. The van der Waals surface area contributed by atoms with Crippen molar-refractivity contribution < 1.29 is 23.8 Å². The predicted molar refractivity (Wildman–Crippen MR) is 110 cm³/mol. The zero-order chi connectivity index (χ0) is 20.8. The first-order chi connectivity index (χ1) is 14.1. The predicted octanol–water partition coefficient (Wildman–Crippen LogP) is 3.95. The Bertz CT molecular complexity index is 862. The van der Waals surface area contributed by atoms with E-state index in [1.165, 1.54) is 7.11 Å². The molecule has 6 heteroatoms. The van der Waals surface area contributed by atoms with E-state index in [9.17, 15) is 9.59 Å². The van der Waals surface area contributed by atoms with E-state index in [0.717, 1.165) is 31.2 Å². The van der Waals surface area contributed by atoms with Gasteiger partial charge in [0.25, 0.3) is 5.91 Å². The van der Waals surface area contributed by atoms with Crippen LogP contribution in [-0.4, -0.2) is 39.2 Å². The molecule has 0 radical (unpaired) electrons. The number of methoxy groups -OCH3 is 3. The smallest absolute Gasteiger partial charge is 0.337 e. The average molecular weight is 397 g/mol. The van der Waals surface area contributed by atoms with E-state index in [4.69, 9.17) is 14.2 Å². The molecular weight excluding hydrogens is 370 g/mol. The standard InChI is InChI=1S/C23H27NO5/c1-27-20-13-12-17(14-21(20)28-2)18-6-4-5-7-19(18)24-22(25)15-8-10-16(11-9-15)23(26)29-3/h8-14,18-19H,4-7H2,1-3H3,(H,24,25)/t18-,19-/m1/s1. The van der Waals surface area contributed by atoms with Crippen LogP contribution < -0.4 is 14.8 Å². The molecule has 6 nitrogen and oxygen atoms in total. The Morgan fingerprint density at radius 1 is 0.862 bits per heavy atom. The summed E-state index contributed by atoms with van der Waals surface area (Å²) in [6.07, 6.45) is 4.13. The van der Waals surface area contributed by atoms with Crippen LogP contribution in [-0.2, 0) is 4.74 Å². The minimum Gasteiger partial charge on any atom is -0.493 e. The fourth-order valence-corrected chi connectivity index (χ4v) is 3.91. The summed E-state index contributed by atoms with van der Waals surface area (Å²) in [5, 5.41) is 3.19. The van der Waals surface area contributed by atoms with E-state index < -0.39 is 5.97 Å². The highest BCUT2D eigenvalue weighted by Crippen LogP contribution is 2.37. The fraction of sp³-hybridized carbons (Fsp3) is 0.391. The van der Waals surface area contributed by atoms with Gasteiger partial charge in [-0.25, -0.2) is 4.79 Å². The summed E-state index contributed by atoms with van der Waals surface area (Å²) in [5.74, 6) is 1.04. The molecule has 3 rings (SSSR count). The first-order valence-electron chi connectivity index (χ1n) is 9.78. The molecule has 154 valence electrons. The van der Waals surface area contributed by atoms with Gasteiger partial charge >= 0.3 is 5.97 Å². The molecule has 2 atom stereocenters. The van der Waals surface area contributed by atoms with Gasteiger partial charge < -0.3 is 19.5 Å². The third-order valence-electron chi connectivity index (χ3n) is 5.49. The van der Waals surface area contributed by atoms with E-state index in [2.05, 4.69) is 5.32 Å². The lowest BCUT2D eigenvalue weighted by Crippen LogP contribution is -2.41. The Balaban J connectivity index is 1.76. The van der Waals surface area contributed by atoms with Crippen LogP contribution >= 0.6 is 0 Å². The number of hydrogen-bond donors (Lipinski definition) is 1. The first kappa shape index (κ1) is 20.7. The molecule has 0 unspecified atom stereocenters. The molecule has 0 aliphatic heterocycles. The molecule has 1 saturated carbocycles. The largest absolute Gasteiger partial charge is 0.493 e. The van der Waals surface area contributed by atoms with E-state index in [0.29, 0.717) is 22.6 Å². The monoisotopic (exact) mass is 397 g/mol. The van der Waals surface area contributed by atoms with Gasteiger partial charge in [0.15, 0.2) is 11.5 Å². The summed E-state index contributed by atoms with van der Waals surface area (Å²) >= 11 is 0. The van der Waals surface area contributed by atoms with Gasteiger partial charge in [-0.05, 0) is 54.8 Å². The van der Waals surface area contributed by atoms with Gasteiger partial charge in [0.1, 0.15) is 0 Å². The van der Waals surface area contributed by atoms with Crippen molar-refractivity contribution >= 4 is 11.9 Å². The van der Waals surface area contributed by atoms with Gasteiger partial charge in [0, 0.05) is 17.5 Å². The molecule has 1 aliphatic carbocycles. The number of hydrogen-bond acceptors (Lipinski definition) is 5. The van der Waals surface area contributed by atoms with Crippen molar-refractivity contribution in [3.05, 3.63) is 59.2 Å². The molecule has 1 aliphatic rings. The van der Waals surface area contributed by atoms with Crippen LogP contribution in [0.25, 0.3) is 0 Å². The van der Waals surface area contributed by atoms with Crippen LogP contribution in [0.5, 0.6) is 11.5 Å². The number of carbonyl (C=O) groups is 2. The van der Waals surface area contributed by atoms with Crippen LogP contribution in [0.4, 0.5) is 0 Å². The summed E-state index contributed by atoms with van der Waals surface area (Å²) in [4.78, 5) is 24.4. The number of esters is 1. The number of carbonyl (C=O) groups excluding carboxylic acids is 2. The molecule has 1 fully saturated rings. The molecule has 0 spiro atoms. The normalized spacial score (nSPS) is 18.6. The maximum absolute atomic E-state index is 12.8. The Labute approximate surface area is 171 Å². The number of rotatable bonds is 6. The molecule has 2 aromatic carbocycles. The molecule has 29 heavy (non-hydrogen) atoms. The summed E-state index contributed by atoms with van der Waals surface area (Å²) in [6, 6.07) is 12.5. The molecule has 1 N–H and O–H groups in total. The summed E-state index contributed by atoms with van der Waals surface area (Å²) < 4.78 is 15.5. The minimum absolute atomic E-state index is 0.0367. The second kappa shape index (κ2) is 9.45. The van der Waals surface area contributed by atoms with Gasteiger partial charge in [-0.15, -0.1) is 0 Å². The Hall–Kier alpha value is -3.02. The van der Waals surface area contributed by atoms with Crippen molar-refractivity contribution in [2.45, 2.75) is 37.6 Å². The minimum atomic E-state index is -0.419. The zero-order valence-corrected chi connectivity index (χ0v) is 17.1. The van der Waals surface area contributed by atoms with Gasteiger partial charge in [-0.3, -0.25) is 4.79 Å². The molecular formula is C23H27NO5. The zero-order valence-electron chi connectivity index (χ0n) is 17.1. The SMILES string of the molecule is COC(=O)c1ccc(C(=O)N[C@@H]2CCCC[C@@H]2c2ccc(OC)c(OC)c2)cc1. The van der Waals surface area contributed by atoms with E-state index in [1.54, 1.807) is 38.5 Å². The van der Waals surface area contributed by atoms with E-state index >= 15 is 0 Å². The van der Waals surface area contributed by atoms with Crippen LogP contribution in [0, 0.1) is 0 Å². The van der Waals surface area contributed by atoms with Gasteiger partial charge in [-0.2, -0.15) is 0 Å². The second-order valence-electron chi connectivity index (χ2n) is 7.15. The maximum Gasteiger partial charge on any atom is 0.337 e. The third-order valence-corrected chi connectivity index (χ3v) is 5.49. The van der Waals surface area contributed by atoms with Crippen molar-refractivity contribution in [2.75, 3.05) is 21.3 Å². The lowest BCUT2D eigenvalue weighted by atomic mass is 9.79. The van der Waals surface area contributed by atoms with Gasteiger partial charge in [-0.1, -0.05) is 18.9 Å². The third kappa shape index (κ3) is 4.70. The Morgan fingerprint density at radius 3 is 2.17 bits per heavy atom. The fourth-order valence-electron chi connectivity index (χ4n) is 3.91. The summed E-state index contributed by atoms with van der Waals surface area (Å²) in [6.45, 7) is 0. The Morgan fingerprint density at radius 2 is 1.52 bits per heavy atom. The number of benzene rings is 2. The van der Waals surface area contributed by atoms with Crippen LogP contribution in [0.15, 0.2) is 42.5 Å². The van der Waals surface area contributed by atoms with E-state index in [-0.39, 0.29) is 17.9 Å². The van der Waals surface area contributed by atoms with Crippen LogP contribution in [0.2, 0.25) is 0 Å². The van der Waals surface area contributed by atoms with Crippen molar-refractivity contribution in [2.24, 2.45) is 0 Å². The van der Waals surface area contributed by atoms with Crippen molar-refractivity contribution in [3.8, 4) is 11.5 Å².